The number of carbonyl (C=O) groups is 2. The third kappa shape index (κ3) is 3.71. The van der Waals surface area contributed by atoms with E-state index in [1.807, 2.05) is 55.5 Å². The predicted molar refractivity (Wildman–Crippen MR) is 117 cm³/mol. The zero-order valence-electron chi connectivity index (χ0n) is 16.2. The lowest BCUT2D eigenvalue weighted by Gasteiger charge is -2.05. The molecule has 0 unspecified atom stereocenters. The molecule has 0 fully saturated rings. The topological polar surface area (TPSA) is 94.5 Å². The molecule has 148 valence electrons. The quantitative estimate of drug-likeness (QED) is 0.339. The molecule has 0 aliphatic rings. The summed E-state index contributed by atoms with van der Waals surface area (Å²) in [5.41, 5.74) is 7.07. The maximum atomic E-state index is 12.9. The van der Waals surface area contributed by atoms with Gasteiger partial charge in [-0.1, -0.05) is 60.2 Å². The van der Waals surface area contributed by atoms with Crippen LogP contribution in [0.5, 0.6) is 0 Å². The van der Waals surface area contributed by atoms with Crippen LogP contribution in [0.2, 0.25) is 0 Å². The van der Waals surface area contributed by atoms with Crippen molar-refractivity contribution in [3.63, 3.8) is 0 Å². The lowest BCUT2D eigenvalue weighted by atomic mass is 10.0. The number of rotatable bonds is 5. The van der Waals surface area contributed by atoms with Crippen molar-refractivity contribution >= 4 is 29.0 Å². The minimum Gasteiger partial charge on any atom is -0.478 e. The Hall–Kier alpha value is -4.19. The summed E-state index contributed by atoms with van der Waals surface area (Å²) in [5.74, 6) is -1.47. The van der Waals surface area contributed by atoms with Gasteiger partial charge >= 0.3 is 5.97 Å². The number of hydrazone groups is 1. The average Bonchev–Trinajstić information content (AvgIpc) is 3.13. The second-order valence-electron chi connectivity index (χ2n) is 6.88. The Bertz CT molecular complexity index is 1270. The largest absolute Gasteiger partial charge is 0.478 e. The molecule has 1 amide bonds. The maximum Gasteiger partial charge on any atom is 0.336 e. The number of carboxylic acid groups (broad SMARTS) is 1. The van der Waals surface area contributed by atoms with Gasteiger partial charge < -0.3 is 10.1 Å². The van der Waals surface area contributed by atoms with Crippen LogP contribution < -0.4 is 5.43 Å². The van der Waals surface area contributed by atoms with Crippen LogP contribution >= 0.6 is 0 Å². The third-order valence-corrected chi connectivity index (χ3v) is 4.80. The van der Waals surface area contributed by atoms with Gasteiger partial charge in [0.2, 0.25) is 0 Å². The molecular weight excluding hydrogens is 378 g/mol. The molecule has 0 aliphatic carbocycles. The van der Waals surface area contributed by atoms with Crippen molar-refractivity contribution in [3.05, 3.63) is 95.2 Å². The van der Waals surface area contributed by atoms with Crippen molar-refractivity contribution in [2.75, 3.05) is 0 Å². The molecule has 30 heavy (non-hydrogen) atoms. The van der Waals surface area contributed by atoms with Gasteiger partial charge in [0.25, 0.3) is 5.91 Å². The van der Waals surface area contributed by atoms with Crippen LogP contribution in [0.25, 0.3) is 22.0 Å². The van der Waals surface area contributed by atoms with Crippen LogP contribution in [0.4, 0.5) is 0 Å². The van der Waals surface area contributed by atoms with Crippen LogP contribution in [0.1, 0.15) is 32.0 Å². The van der Waals surface area contributed by atoms with E-state index in [-0.39, 0.29) is 5.56 Å². The second-order valence-corrected chi connectivity index (χ2v) is 6.88. The number of hydrogen-bond acceptors (Lipinski definition) is 3. The van der Waals surface area contributed by atoms with Crippen molar-refractivity contribution in [3.8, 4) is 11.1 Å². The van der Waals surface area contributed by atoms with Gasteiger partial charge in [-0.2, -0.15) is 5.10 Å². The first kappa shape index (κ1) is 19.1. The summed E-state index contributed by atoms with van der Waals surface area (Å²) in [6.45, 7) is 2.01. The molecule has 0 atom stereocenters. The van der Waals surface area contributed by atoms with Gasteiger partial charge in [0.1, 0.15) is 5.69 Å². The number of hydrogen-bond donors (Lipinski definition) is 3. The highest BCUT2D eigenvalue weighted by atomic mass is 16.4. The molecule has 1 heterocycles. The SMILES string of the molecule is Cc1ccc2[nH]c(C(=O)NN=Cc3ccccc3C(=O)O)c(-c3ccccc3)c2c1. The van der Waals surface area contributed by atoms with Gasteiger partial charge in [0.15, 0.2) is 0 Å². The molecule has 1 aromatic heterocycles. The molecule has 0 saturated heterocycles. The van der Waals surface area contributed by atoms with E-state index >= 15 is 0 Å². The van der Waals surface area contributed by atoms with Crippen LogP contribution in [0.3, 0.4) is 0 Å². The Labute approximate surface area is 172 Å². The smallest absolute Gasteiger partial charge is 0.336 e. The van der Waals surface area contributed by atoms with Crippen molar-refractivity contribution in [1.29, 1.82) is 0 Å². The molecule has 0 saturated carbocycles. The minimum atomic E-state index is -1.05. The first-order valence-electron chi connectivity index (χ1n) is 9.38. The van der Waals surface area contributed by atoms with E-state index in [0.717, 1.165) is 27.6 Å². The van der Waals surface area contributed by atoms with Crippen LogP contribution in [-0.2, 0) is 0 Å². The average molecular weight is 397 g/mol. The molecule has 0 bridgehead atoms. The number of carboxylic acids is 1. The summed E-state index contributed by atoms with van der Waals surface area (Å²) in [6.07, 6.45) is 1.33. The summed E-state index contributed by atoms with van der Waals surface area (Å²) >= 11 is 0. The number of aromatic carboxylic acids is 1. The number of benzene rings is 3. The Morgan fingerprint density at radius 3 is 2.50 bits per heavy atom. The molecule has 3 aromatic carbocycles. The van der Waals surface area contributed by atoms with Gasteiger partial charge in [-0.05, 0) is 30.7 Å². The number of H-pyrrole nitrogens is 1. The van der Waals surface area contributed by atoms with Gasteiger partial charge in [-0.15, -0.1) is 0 Å². The van der Waals surface area contributed by atoms with E-state index < -0.39 is 11.9 Å². The molecule has 0 aliphatic heterocycles. The number of nitrogens with one attached hydrogen (secondary N) is 2. The Morgan fingerprint density at radius 1 is 1.00 bits per heavy atom. The van der Waals surface area contributed by atoms with Gasteiger partial charge in [0, 0.05) is 22.0 Å². The monoisotopic (exact) mass is 397 g/mol. The van der Waals surface area contributed by atoms with Crippen molar-refractivity contribution in [2.24, 2.45) is 5.10 Å². The number of aromatic amines is 1. The van der Waals surface area contributed by atoms with E-state index in [0.29, 0.717) is 11.3 Å². The first-order chi connectivity index (χ1) is 14.5. The van der Waals surface area contributed by atoms with Crippen molar-refractivity contribution in [2.45, 2.75) is 6.92 Å². The van der Waals surface area contributed by atoms with Gasteiger partial charge in [-0.3, -0.25) is 4.79 Å². The molecule has 6 heteroatoms. The molecular formula is C24H19N3O3. The number of fused-ring (bicyclic) bond motifs is 1. The summed E-state index contributed by atoms with van der Waals surface area (Å²) in [5, 5.41) is 14.2. The normalized spacial score (nSPS) is 11.1. The van der Waals surface area contributed by atoms with Gasteiger partial charge in [-0.25, -0.2) is 10.2 Å². The van der Waals surface area contributed by atoms with E-state index in [9.17, 15) is 14.7 Å². The summed E-state index contributed by atoms with van der Waals surface area (Å²) in [6, 6.07) is 22.1. The molecule has 3 N–H and O–H groups in total. The number of nitrogens with zero attached hydrogens (tertiary/aromatic N) is 1. The van der Waals surface area contributed by atoms with Crippen LogP contribution in [0, 0.1) is 6.92 Å². The fourth-order valence-electron chi connectivity index (χ4n) is 3.40. The van der Waals surface area contributed by atoms with E-state index in [4.69, 9.17) is 0 Å². The fraction of sp³-hybridized carbons (Fsp3) is 0.0417. The standard InChI is InChI=1S/C24H19N3O3/c1-15-11-12-20-19(13-15)21(16-7-3-2-4-8-16)22(26-20)23(28)27-25-14-17-9-5-6-10-18(17)24(29)30/h2-14,26H,1H3,(H,27,28)(H,29,30). The highest BCUT2D eigenvalue weighted by Gasteiger charge is 2.19. The van der Waals surface area contributed by atoms with E-state index in [1.54, 1.807) is 18.2 Å². The van der Waals surface area contributed by atoms with Crippen LogP contribution in [-0.4, -0.2) is 28.2 Å². The molecule has 4 rings (SSSR count). The maximum absolute atomic E-state index is 12.9. The molecule has 6 nitrogen and oxygen atoms in total. The summed E-state index contributed by atoms with van der Waals surface area (Å²) in [7, 11) is 0. The van der Waals surface area contributed by atoms with Crippen molar-refractivity contribution < 1.29 is 14.7 Å². The second kappa shape index (κ2) is 8.05. The van der Waals surface area contributed by atoms with Gasteiger partial charge in [0.05, 0.1) is 11.8 Å². The Balaban J connectivity index is 1.70. The molecule has 0 radical (unpaired) electrons. The Morgan fingerprint density at radius 2 is 1.73 bits per heavy atom. The lowest BCUT2D eigenvalue weighted by molar-refractivity contribution is 0.0696. The van der Waals surface area contributed by atoms with Crippen molar-refractivity contribution in [1.82, 2.24) is 10.4 Å². The number of amides is 1. The first-order valence-corrected chi connectivity index (χ1v) is 9.38. The minimum absolute atomic E-state index is 0.113. The number of aromatic nitrogens is 1. The van der Waals surface area contributed by atoms with E-state index in [1.165, 1.54) is 12.3 Å². The predicted octanol–water partition coefficient (Wildman–Crippen LogP) is 4.61. The molecule has 0 spiro atoms. The zero-order chi connectivity index (χ0) is 21.1. The highest BCUT2D eigenvalue weighted by Crippen LogP contribution is 2.33. The lowest BCUT2D eigenvalue weighted by Crippen LogP contribution is -2.19. The number of carbonyl (C=O) groups excluding carboxylic acids is 1. The molecule has 4 aromatic rings. The third-order valence-electron chi connectivity index (χ3n) is 4.80. The van der Waals surface area contributed by atoms with E-state index in [2.05, 4.69) is 15.5 Å². The highest BCUT2D eigenvalue weighted by molar-refractivity contribution is 6.10. The number of aryl methyl sites for hydroxylation is 1. The Kier molecular flexibility index (Phi) is 5.13. The summed E-state index contributed by atoms with van der Waals surface area (Å²) in [4.78, 5) is 27.4. The zero-order valence-corrected chi connectivity index (χ0v) is 16.2. The summed E-state index contributed by atoms with van der Waals surface area (Å²) < 4.78 is 0. The fourth-order valence-corrected chi connectivity index (χ4v) is 3.40. The van der Waals surface area contributed by atoms with Crippen LogP contribution in [0.15, 0.2) is 77.9 Å².